The number of amides is 1. The van der Waals surface area contributed by atoms with Gasteiger partial charge in [0.1, 0.15) is 5.75 Å². The molecular weight excluding hydrogens is 375 g/mol. The first-order valence-electron chi connectivity index (χ1n) is 8.47. The van der Waals surface area contributed by atoms with Crippen LogP contribution in [0, 0.1) is 5.92 Å². The Bertz CT molecular complexity index is 787. The lowest BCUT2D eigenvalue weighted by atomic mass is 9.92. The molecule has 26 heavy (non-hydrogen) atoms. The number of aromatic nitrogens is 1. The number of halogens is 2. The van der Waals surface area contributed by atoms with Crippen molar-refractivity contribution in [1.82, 2.24) is 4.98 Å². The first-order valence-corrected chi connectivity index (χ1v) is 9.23. The lowest BCUT2D eigenvalue weighted by molar-refractivity contribution is 0.102. The Morgan fingerprint density at radius 2 is 1.92 bits per heavy atom. The predicted molar refractivity (Wildman–Crippen MR) is 102 cm³/mol. The zero-order chi connectivity index (χ0) is 18.7. The molecule has 7 heteroatoms. The van der Waals surface area contributed by atoms with Crippen LogP contribution in [-0.4, -0.2) is 23.1 Å². The summed E-state index contributed by atoms with van der Waals surface area (Å²) in [5, 5.41) is 14.0. The van der Waals surface area contributed by atoms with Crippen LogP contribution in [0.2, 0.25) is 10.0 Å². The second kappa shape index (κ2) is 8.25. The van der Waals surface area contributed by atoms with E-state index in [9.17, 15) is 9.90 Å². The van der Waals surface area contributed by atoms with Crippen molar-refractivity contribution in [3.63, 3.8) is 0 Å². The molecule has 1 aromatic carbocycles. The Morgan fingerprint density at radius 3 is 2.54 bits per heavy atom. The predicted octanol–water partition coefficient (Wildman–Crippen LogP) is 4.87. The normalized spacial score (nSPS) is 15.7. The number of benzene rings is 1. The van der Waals surface area contributed by atoms with E-state index in [1.807, 2.05) is 0 Å². The van der Waals surface area contributed by atoms with Crippen LogP contribution in [0.4, 0.5) is 5.69 Å². The maximum Gasteiger partial charge on any atom is 0.255 e. The molecule has 0 aliphatic heterocycles. The molecule has 1 aliphatic carbocycles. The molecule has 1 atom stereocenters. The molecule has 0 spiro atoms. The molecular formula is C19H20Cl2N2O3. The zero-order valence-corrected chi connectivity index (χ0v) is 15.8. The standard InChI is InChI=1S/C19H20Cl2N2O3/c1-26-16-7-6-12(8-13(16)18(24)11-4-2-3-5-11)19(25)23-17-14(20)9-22-10-15(17)21/h6-11,18,24H,2-5H2,1H3,(H,22,23,25). The summed E-state index contributed by atoms with van der Waals surface area (Å²) in [6.45, 7) is 0. The molecule has 1 saturated carbocycles. The highest BCUT2D eigenvalue weighted by Gasteiger charge is 2.27. The van der Waals surface area contributed by atoms with Crippen LogP contribution in [0.15, 0.2) is 30.6 Å². The van der Waals surface area contributed by atoms with E-state index in [1.165, 1.54) is 12.4 Å². The van der Waals surface area contributed by atoms with Crippen LogP contribution in [0.5, 0.6) is 5.75 Å². The smallest absolute Gasteiger partial charge is 0.255 e. The fourth-order valence-corrected chi connectivity index (χ4v) is 3.81. The summed E-state index contributed by atoms with van der Waals surface area (Å²) in [6.07, 6.45) is 6.34. The van der Waals surface area contributed by atoms with Gasteiger partial charge < -0.3 is 15.2 Å². The minimum atomic E-state index is -0.659. The third kappa shape index (κ3) is 3.95. The number of nitrogens with zero attached hydrogens (tertiary/aromatic N) is 1. The van der Waals surface area contributed by atoms with Crippen molar-refractivity contribution in [3.05, 3.63) is 51.8 Å². The van der Waals surface area contributed by atoms with Gasteiger partial charge in [0, 0.05) is 23.5 Å². The fourth-order valence-electron chi connectivity index (χ4n) is 3.35. The molecule has 1 aliphatic rings. The van der Waals surface area contributed by atoms with Crippen molar-refractivity contribution < 1.29 is 14.6 Å². The first-order chi connectivity index (χ1) is 12.5. The number of aliphatic hydroxyl groups excluding tert-OH is 1. The van der Waals surface area contributed by atoms with Crippen molar-refractivity contribution in [1.29, 1.82) is 0 Å². The van der Waals surface area contributed by atoms with Crippen LogP contribution in [0.25, 0.3) is 0 Å². The molecule has 1 heterocycles. The summed E-state index contributed by atoms with van der Waals surface area (Å²) >= 11 is 12.1. The first kappa shape index (κ1) is 19.0. The molecule has 1 fully saturated rings. The van der Waals surface area contributed by atoms with Crippen molar-refractivity contribution in [2.75, 3.05) is 12.4 Å². The quantitative estimate of drug-likeness (QED) is 0.758. The van der Waals surface area contributed by atoms with Gasteiger partial charge in [-0.1, -0.05) is 36.0 Å². The maximum absolute atomic E-state index is 12.6. The van der Waals surface area contributed by atoms with E-state index in [-0.39, 0.29) is 21.9 Å². The minimum absolute atomic E-state index is 0.186. The largest absolute Gasteiger partial charge is 0.496 e. The number of hydrogen-bond donors (Lipinski definition) is 2. The van der Waals surface area contributed by atoms with Gasteiger partial charge in [-0.15, -0.1) is 0 Å². The molecule has 2 aromatic rings. The van der Waals surface area contributed by atoms with Crippen LogP contribution >= 0.6 is 23.2 Å². The summed E-state index contributed by atoms with van der Waals surface area (Å²) in [6, 6.07) is 5.00. The van der Waals surface area contributed by atoms with Gasteiger partial charge in [0.25, 0.3) is 5.91 Å². The summed E-state index contributed by atoms with van der Waals surface area (Å²) in [4.78, 5) is 16.5. The molecule has 2 N–H and O–H groups in total. The lowest BCUT2D eigenvalue weighted by Gasteiger charge is -2.21. The highest BCUT2D eigenvalue weighted by Crippen LogP contribution is 2.39. The lowest BCUT2D eigenvalue weighted by Crippen LogP contribution is -2.15. The van der Waals surface area contributed by atoms with Gasteiger partial charge in [-0.05, 0) is 37.0 Å². The zero-order valence-electron chi connectivity index (χ0n) is 14.3. The summed E-state index contributed by atoms with van der Waals surface area (Å²) < 4.78 is 5.38. The molecule has 0 radical (unpaired) electrons. The maximum atomic E-state index is 12.6. The van der Waals surface area contributed by atoms with Gasteiger partial charge in [0.05, 0.1) is 28.9 Å². The highest BCUT2D eigenvalue weighted by atomic mass is 35.5. The third-order valence-electron chi connectivity index (χ3n) is 4.75. The van der Waals surface area contributed by atoms with E-state index in [4.69, 9.17) is 27.9 Å². The molecule has 138 valence electrons. The Morgan fingerprint density at radius 1 is 1.27 bits per heavy atom. The van der Waals surface area contributed by atoms with Crippen molar-refractivity contribution in [3.8, 4) is 5.75 Å². The molecule has 1 aromatic heterocycles. The molecule has 5 nitrogen and oxygen atoms in total. The van der Waals surface area contributed by atoms with Crippen LogP contribution in [0.1, 0.15) is 47.7 Å². The number of anilines is 1. The van der Waals surface area contributed by atoms with Gasteiger partial charge in [-0.25, -0.2) is 0 Å². The number of ether oxygens (including phenoxy) is 1. The van der Waals surface area contributed by atoms with Gasteiger partial charge in [-0.2, -0.15) is 0 Å². The Kier molecular flexibility index (Phi) is 6.01. The molecule has 0 bridgehead atoms. The second-order valence-electron chi connectivity index (χ2n) is 6.38. The number of hydrogen-bond acceptors (Lipinski definition) is 4. The molecule has 1 unspecified atom stereocenters. The number of rotatable bonds is 5. The van der Waals surface area contributed by atoms with Gasteiger partial charge in [0.2, 0.25) is 0 Å². The number of carbonyl (C=O) groups is 1. The van der Waals surface area contributed by atoms with E-state index in [0.29, 0.717) is 22.6 Å². The molecule has 1 amide bonds. The van der Waals surface area contributed by atoms with Gasteiger partial charge >= 0.3 is 0 Å². The summed E-state index contributed by atoms with van der Waals surface area (Å²) in [7, 11) is 1.55. The van der Waals surface area contributed by atoms with Crippen molar-refractivity contribution in [2.24, 2.45) is 5.92 Å². The average molecular weight is 395 g/mol. The Balaban J connectivity index is 1.88. The number of carbonyl (C=O) groups excluding carboxylic acids is 1. The van der Waals surface area contributed by atoms with Gasteiger partial charge in [-0.3, -0.25) is 9.78 Å². The van der Waals surface area contributed by atoms with E-state index in [0.717, 1.165) is 25.7 Å². The molecule has 0 saturated heterocycles. The second-order valence-corrected chi connectivity index (χ2v) is 7.19. The van der Waals surface area contributed by atoms with E-state index in [1.54, 1.807) is 25.3 Å². The Labute approximate surface area is 162 Å². The fraction of sp³-hybridized carbons (Fsp3) is 0.368. The number of aliphatic hydroxyl groups is 1. The third-order valence-corrected chi connectivity index (χ3v) is 5.32. The van der Waals surface area contributed by atoms with Gasteiger partial charge in [0.15, 0.2) is 0 Å². The number of nitrogens with one attached hydrogen (secondary N) is 1. The van der Waals surface area contributed by atoms with Crippen LogP contribution < -0.4 is 10.1 Å². The monoisotopic (exact) mass is 394 g/mol. The van der Waals surface area contributed by atoms with E-state index >= 15 is 0 Å². The van der Waals surface area contributed by atoms with Crippen LogP contribution in [-0.2, 0) is 0 Å². The summed E-state index contributed by atoms with van der Waals surface area (Å²) in [5.41, 5.74) is 1.32. The SMILES string of the molecule is COc1ccc(C(=O)Nc2c(Cl)cncc2Cl)cc1C(O)C1CCCC1. The summed E-state index contributed by atoms with van der Waals surface area (Å²) in [5.74, 6) is 0.384. The molecule has 3 rings (SSSR count). The highest BCUT2D eigenvalue weighted by molar-refractivity contribution is 6.39. The van der Waals surface area contributed by atoms with Crippen molar-refractivity contribution >= 4 is 34.8 Å². The van der Waals surface area contributed by atoms with E-state index < -0.39 is 6.10 Å². The minimum Gasteiger partial charge on any atom is -0.496 e. The number of pyridine rings is 1. The Hall–Kier alpha value is -1.82. The van der Waals surface area contributed by atoms with E-state index in [2.05, 4.69) is 10.3 Å². The van der Waals surface area contributed by atoms with Crippen LogP contribution in [0.3, 0.4) is 0 Å². The number of methoxy groups -OCH3 is 1. The van der Waals surface area contributed by atoms with Crippen molar-refractivity contribution in [2.45, 2.75) is 31.8 Å². The average Bonchev–Trinajstić information content (AvgIpc) is 3.18. The topological polar surface area (TPSA) is 71.5 Å².